The first-order chi connectivity index (χ1) is 13.8. The van der Waals surface area contributed by atoms with E-state index in [1.807, 2.05) is 29.2 Å². The molecule has 2 aliphatic rings. The predicted octanol–water partition coefficient (Wildman–Crippen LogP) is 4.44. The number of rotatable bonds is 1. The number of hydrogen-bond acceptors (Lipinski definition) is 4. The summed E-state index contributed by atoms with van der Waals surface area (Å²) in [4.78, 5) is 24.5. The number of carbonyl (C=O) groups is 1. The van der Waals surface area contributed by atoms with Crippen molar-refractivity contribution in [2.45, 2.75) is 44.7 Å². The first-order valence-corrected chi connectivity index (χ1v) is 10.3. The lowest BCUT2D eigenvalue weighted by atomic mass is 9.85. The quantitative estimate of drug-likeness (QED) is 0.727. The fraction of sp³-hybridized carbons (Fsp3) is 0.409. The van der Waals surface area contributed by atoms with Gasteiger partial charge in [-0.05, 0) is 63.9 Å². The highest BCUT2D eigenvalue weighted by Crippen LogP contribution is 2.36. The second-order valence-electron chi connectivity index (χ2n) is 8.70. The van der Waals surface area contributed by atoms with Crippen LogP contribution in [0.5, 0.6) is 0 Å². The lowest BCUT2D eigenvalue weighted by Crippen LogP contribution is -2.63. The van der Waals surface area contributed by atoms with Crippen molar-refractivity contribution in [1.29, 1.82) is 0 Å². The molecule has 1 fully saturated rings. The summed E-state index contributed by atoms with van der Waals surface area (Å²) < 4.78 is 0. The molecule has 2 N–H and O–H groups in total. The Labute approximate surface area is 176 Å². The second kappa shape index (κ2) is 7.34. The van der Waals surface area contributed by atoms with Crippen molar-refractivity contribution in [3.05, 3.63) is 53.2 Å². The number of benzene rings is 1. The first kappa shape index (κ1) is 19.7. The van der Waals surface area contributed by atoms with Gasteiger partial charge in [0.05, 0.1) is 17.8 Å². The highest BCUT2D eigenvalue weighted by Gasteiger charge is 2.45. The number of halogens is 1. The van der Waals surface area contributed by atoms with Crippen molar-refractivity contribution < 1.29 is 4.79 Å². The van der Waals surface area contributed by atoms with E-state index in [2.05, 4.69) is 36.4 Å². The Hall–Kier alpha value is -2.60. The van der Waals surface area contributed by atoms with Crippen LogP contribution in [0, 0.1) is 0 Å². The van der Waals surface area contributed by atoms with Gasteiger partial charge in [-0.1, -0.05) is 17.7 Å². The summed E-state index contributed by atoms with van der Waals surface area (Å²) in [5.74, 6) is 1.58. The van der Waals surface area contributed by atoms with Crippen LogP contribution in [0.15, 0.2) is 47.6 Å². The molecule has 0 saturated carbocycles. The molecule has 6 nitrogen and oxygen atoms in total. The van der Waals surface area contributed by atoms with Crippen LogP contribution in [0.1, 0.15) is 44.0 Å². The van der Waals surface area contributed by atoms with Crippen LogP contribution in [0.3, 0.4) is 0 Å². The fourth-order valence-corrected chi connectivity index (χ4v) is 4.14. The number of amides is 1. The molecule has 4 rings (SSSR count). The molecule has 2 aliphatic heterocycles. The van der Waals surface area contributed by atoms with Crippen LogP contribution in [0.4, 0.5) is 11.5 Å². The number of aliphatic imine (C=N–C) groups is 1. The third-order valence-corrected chi connectivity index (χ3v) is 5.41. The maximum atomic E-state index is 13.2. The normalized spacial score (nSPS) is 22.8. The third kappa shape index (κ3) is 4.08. The molecule has 0 bridgehead atoms. The fourth-order valence-electron chi connectivity index (χ4n) is 3.95. The summed E-state index contributed by atoms with van der Waals surface area (Å²) in [5, 5.41) is 7.66. The van der Waals surface area contributed by atoms with Gasteiger partial charge in [-0.15, -0.1) is 0 Å². The molecule has 152 valence electrons. The summed E-state index contributed by atoms with van der Waals surface area (Å²) in [6, 6.07) is 11.0. The molecular formula is C22H26ClN5O. The Kier molecular flexibility index (Phi) is 4.99. The number of nitrogens with one attached hydrogen (secondary N) is 2. The van der Waals surface area contributed by atoms with Crippen molar-refractivity contribution in [2.24, 2.45) is 4.99 Å². The maximum absolute atomic E-state index is 13.2. The van der Waals surface area contributed by atoms with Gasteiger partial charge in [0.1, 0.15) is 11.4 Å². The van der Waals surface area contributed by atoms with Gasteiger partial charge in [0, 0.05) is 23.3 Å². The molecule has 29 heavy (non-hydrogen) atoms. The van der Waals surface area contributed by atoms with Gasteiger partial charge in [0.2, 0.25) is 0 Å². The van der Waals surface area contributed by atoms with Crippen molar-refractivity contribution in [3.8, 4) is 0 Å². The molecule has 3 heterocycles. The minimum absolute atomic E-state index is 0.0135. The number of piperidine rings is 1. The van der Waals surface area contributed by atoms with Gasteiger partial charge < -0.3 is 15.5 Å². The van der Waals surface area contributed by atoms with E-state index in [0.29, 0.717) is 23.7 Å². The lowest BCUT2D eigenvalue weighted by Gasteiger charge is -2.47. The van der Waals surface area contributed by atoms with Crippen LogP contribution in [-0.2, 0) is 0 Å². The molecule has 1 atom stereocenters. The minimum atomic E-state index is -0.476. The monoisotopic (exact) mass is 411 g/mol. The summed E-state index contributed by atoms with van der Waals surface area (Å²) in [6.07, 6.45) is 3.51. The van der Waals surface area contributed by atoms with Crippen molar-refractivity contribution in [1.82, 2.24) is 9.88 Å². The molecule has 0 radical (unpaired) electrons. The largest absolute Gasteiger partial charge is 0.368 e. The molecule has 1 amide bonds. The summed E-state index contributed by atoms with van der Waals surface area (Å²) >= 11 is 6.10. The highest BCUT2D eigenvalue weighted by atomic mass is 35.5. The maximum Gasteiger partial charge on any atom is 0.253 e. The average molecular weight is 412 g/mol. The smallest absolute Gasteiger partial charge is 0.253 e. The SMILES string of the molecule is CC(C)(C)N=C1Nc2ncccc2N[C@@]12CCCN(C(=O)c1cccc(Cl)c1)C2. The number of pyridine rings is 1. The molecule has 1 saturated heterocycles. The molecule has 7 heteroatoms. The summed E-state index contributed by atoms with van der Waals surface area (Å²) in [7, 11) is 0. The van der Waals surface area contributed by atoms with Gasteiger partial charge in [0.25, 0.3) is 5.91 Å². The van der Waals surface area contributed by atoms with E-state index in [-0.39, 0.29) is 11.4 Å². The van der Waals surface area contributed by atoms with E-state index in [1.165, 1.54) is 0 Å². The van der Waals surface area contributed by atoms with Crippen LogP contribution in [0.2, 0.25) is 5.02 Å². The van der Waals surface area contributed by atoms with Gasteiger partial charge in [0.15, 0.2) is 5.82 Å². The Balaban J connectivity index is 1.70. The lowest BCUT2D eigenvalue weighted by molar-refractivity contribution is 0.0694. The Morgan fingerprint density at radius 3 is 2.86 bits per heavy atom. The van der Waals surface area contributed by atoms with E-state index >= 15 is 0 Å². The summed E-state index contributed by atoms with van der Waals surface area (Å²) in [5.41, 5.74) is 0.797. The zero-order valence-electron chi connectivity index (χ0n) is 17.0. The zero-order chi connectivity index (χ0) is 20.6. The number of fused-ring (bicyclic) bond motifs is 1. The average Bonchev–Trinajstić information content (AvgIpc) is 2.67. The molecular weight excluding hydrogens is 386 g/mol. The first-order valence-electron chi connectivity index (χ1n) is 9.91. The zero-order valence-corrected chi connectivity index (χ0v) is 17.8. The minimum Gasteiger partial charge on any atom is -0.368 e. The number of aromatic nitrogens is 1. The van der Waals surface area contributed by atoms with Gasteiger partial charge in [-0.2, -0.15) is 0 Å². The van der Waals surface area contributed by atoms with Crippen LogP contribution in [-0.4, -0.2) is 45.8 Å². The highest BCUT2D eigenvalue weighted by molar-refractivity contribution is 6.31. The van der Waals surface area contributed by atoms with Crippen molar-refractivity contribution in [3.63, 3.8) is 0 Å². The number of anilines is 2. The topological polar surface area (TPSA) is 69.6 Å². The number of nitrogens with zero attached hydrogens (tertiary/aromatic N) is 3. The Morgan fingerprint density at radius 1 is 1.28 bits per heavy atom. The van der Waals surface area contributed by atoms with Gasteiger partial charge in [-0.25, -0.2) is 4.98 Å². The Morgan fingerprint density at radius 2 is 2.10 bits per heavy atom. The molecule has 1 aromatic heterocycles. The molecule has 1 aromatic carbocycles. The summed E-state index contributed by atoms with van der Waals surface area (Å²) in [6.45, 7) is 7.44. The van der Waals surface area contributed by atoms with E-state index in [9.17, 15) is 4.79 Å². The van der Waals surface area contributed by atoms with Crippen molar-refractivity contribution in [2.75, 3.05) is 23.7 Å². The van der Waals surface area contributed by atoms with Crippen LogP contribution < -0.4 is 10.6 Å². The van der Waals surface area contributed by atoms with Gasteiger partial charge in [-0.3, -0.25) is 9.79 Å². The van der Waals surface area contributed by atoms with E-state index in [4.69, 9.17) is 16.6 Å². The number of likely N-dealkylation sites (tertiary alicyclic amines) is 1. The third-order valence-electron chi connectivity index (χ3n) is 5.17. The second-order valence-corrected chi connectivity index (χ2v) is 9.14. The molecule has 0 aliphatic carbocycles. The molecule has 2 aromatic rings. The number of amidine groups is 1. The molecule has 1 spiro atoms. The van der Waals surface area contributed by atoms with E-state index < -0.39 is 5.54 Å². The number of carbonyl (C=O) groups excluding carboxylic acids is 1. The van der Waals surface area contributed by atoms with Gasteiger partial charge >= 0.3 is 0 Å². The van der Waals surface area contributed by atoms with E-state index in [0.717, 1.165) is 30.2 Å². The molecule has 0 unspecified atom stereocenters. The van der Waals surface area contributed by atoms with E-state index in [1.54, 1.807) is 18.3 Å². The Bertz CT molecular complexity index is 968. The standard InChI is InChI=1S/C22H26ClN5O/c1-21(2,3)27-20-22(26-17-9-5-11-24-18(17)25-20)10-6-12-28(14-22)19(29)15-7-4-8-16(23)13-15/h4-5,7-9,11,13,26H,6,10,12,14H2,1-3H3,(H,24,25,27)/t22-/m1/s1. The van der Waals surface area contributed by atoms with Crippen LogP contribution >= 0.6 is 11.6 Å². The van der Waals surface area contributed by atoms with Crippen molar-refractivity contribution >= 4 is 34.8 Å². The number of hydrogen-bond donors (Lipinski definition) is 2. The van der Waals surface area contributed by atoms with Crippen LogP contribution in [0.25, 0.3) is 0 Å². The predicted molar refractivity (Wildman–Crippen MR) is 118 cm³/mol.